The quantitative estimate of drug-likeness (QED) is 0.820. The average molecular weight is 273 g/mol. The van der Waals surface area contributed by atoms with E-state index in [0.29, 0.717) is 0 Å². The summed E-state index contributed by atoms with van der Waals surface area (Å²) in [5.74, 6) is 0.174. The van der Waals surface area contributed by atoms with Crippen LogP contribution < -0.4 is 5.32 Å². The van der Waals surface area contributed by atoms with E-state index < -0.39 is 16.2 Å². The summed E-state index contributed by atoms with van der Waals surface area (Å²) in [6.45, 7) is 3.97. The first kappa shape index (κ1) is 14.5. The van der Waals surface area contributed by atoms with Gasteiger partial charge in [-0.25, -0.2) is 4.79 Å². The number of rotatable bonds is 4. The molecule has 0 radical (unpaired) electrons. The van der Waals surface area contributed by atoms with E-state index in [9.17, 15) is 13.2 Å². The number of ether oxygens (including phenoxy) is 1. The molecule has 1 aromatic carbocycles. The molecule has 0 fully saturated rings. The molecule has 0 heterocycles. The topological polar surface area (TPSA) is 92.7 Å². The van der Waals surface area contributed by atoms with Gasteiger partial charge < -0.3 is 4.74 Å². The highest BCUT2D eigenvalue weighted by Crippen LogP contribution is 2.20. The zero-order valence-corrected chi connectivity index (χ0v) is 10.9. The Bertz CT molecular complexity index is 524. The third-order valence-corrected chi connectivity index (χ3v) is 2.86. The van der Waals surface area contributed by atoms with Gasteiger partial charge in [0.25, 0.3) is 10.1 Å². The summed E-state index contributed by atoms with van der Waals surface area (Å²) in [5.41, 5.74) is -0.0197. The van der Waals surface area contributed by atoms with Crippen molar-refractivity contribution in [2.75, 3.05) is 11.9 Å². The number of carbonyl (C=O) groups is 1. The average Bonchev–Trinajstić information content (AvgIpc) is 2.25. The Hall–Kier alpha value is -1.60. The van der Waals surface area contributed by atoms with Crippen molar-refractivity contribution in [2.45, 2.75) is 18.7 Å². The number of hydrogen-bond acceptors (Lipinski definition) is 4. The highest BCUT2D eigenvalue weighted by molar-refractivity contribution is 7.86. The van der Waals surface area contributed by atoms with Crippen LogP contribution in [0.25, 0.3) is 0 Å². The molecule has 0 aromatic heterocycles. The lowest BCUT2D eigenvalue weighted by atomic mass is 10.2. The zero-order valence-electron chi connectivity index (χ0n) is 10.1. The van der Waals surface area contributed by atoms with E-state index in [0.717, 1.165) is 0 Å². The van der Waals surface area contributed by atoms with Gasteiger partial charge in [-0.05, 0) is 18.1 Å². The predicted molar refractivity (Wildman–Crippen MR) is 66.1 cm³/mol. The summed E-state index contributed by atoms with van der Waals surface area (Å²) in [6.07, 6.45) is -0.764. The zero-order chi connectivity index (χ0) is 13.8. The van der Waals surface area contributed by atoms with Gasteiger partial charge >= 0.3 is 6.09 Å². The monoisotopic (exact) mass is 273 g/mol. The maximum atomic E-state index is 11.4. The van der Waals surface area contributed by atoms with E-state index in [1.165, 1.54) is 24.3 Å². The molecule has 0 atom stereocenters. The lowest BCUT2D eigenvalue weighted by Gasteiger charge is -2.10. The van der Waals surface area contributed by atoms with Gasteiger partial charge in [0.15, 0.2) is 0 Å². The molecule has 7 heteroatoms. The third-order valence-electron chi connectivity index (χ3n) is 1.95. The molecular formula is C11H15NO5S. The Morgan fingerprint density at radius 2 is 2.00 bits per heavy atom. The Labute approximate surface area is 106 Å². The molecule has 0 unspecified atom stereocenters. The van der Waals surface area contributed by atoms with Crippen LogP contribution in [0, 0.1) is 5.92 Å². The molecule has 1 rings (SSSR count). The van der Waals surface area contributed by atoms with Crippen molar-refractivity contribution in [2.24, 2.45) is 5.92 Å². The van der Waals surface area contributed by atoms with E-state index in [2.05, 4.69) is 5.32 Å². The van der Waals surface area contributed by atoms with Gasteiger partial charge in [0.2, 0.25) is 0 Å². The van der Waals surface area contributed by atoms with Gasteiger partial charge in [-0.3, -0.25) is 9.87 Å². The second-order valence-corrected chi connectivity index (χ2v) is 5.48. The Morgan fingerprint density at radius 1 is 1.39 bits per heavy atom. The maximum absolute atomic E-state index is 11.4. The Kier molecular flexibility index (Phi) is 4.69. The van der Waals surface area contributed by atoms with Crippen LogP contribution in [0.4, 0.5) is 10.5 Å². The van der Waals surface area contributed by atoms with Crippen molar-refractivity contribution in [1.29, 1.82) is 0 Å². The number of nitrogens with one attached hydrogen (secondary N) is 1. The van der Waals surface area contributed by atoms with Crippen molar-refractivity contribution in [3.05, 3.63) is 24.3 Å². The van der Waals surface area contributed by atoms with E-state index in [1.54, 1.807) is 0 Å². The summed E-state index contributed by atoms with van der Waals surface area (Å²) in [6, 6.07) is 5.52. The second kappa shape index (κ2) is 5.83. The van der Waals surface area contributed by atoms with Gasteiger partial charge in [-0.2, -0.15) is 8.42 Å². The number of benzene rings is 1. The highest BCUT2D eigenvalue weighted by Gasteiger charge is 2.16. The fourth-order valence-electron chi connectivity index (χ4n) is 1.18. The summed E-state index contributed by atoms with van der Waals surface area (Å²) < 4.78 is 36.0. The van der Waals surface area contributed by atoms with Crippen LogP contribution in [0.1, 0.15) is 13.8 Å². The molecule has 1 amide bonds. The molecule has 18 heavy (non-hydrogen) atoms. The molecule has 0 bridgehead atoms. The maximum Gasteiger partial charge on any atom is 0.411 e. The van der Waals surface area contributed by atoms with E-state index in [-0.39, 0.29) is 23.1 Å². The van der Waals surface area contributed by atoms with Crippen LogP contribution in [0.2, 0.25) is 0 Å². The first-order valence-corrected chi connectivity index (χ1v) is 6.75. The van der Waals surface area contributed by atoms with Crippen LogP contribution in [-0.2, 0) is 14.9 Å². The fourth-order valence-corrected chi connectivity index (χ4v) is 1.83. The first-order valence-electron chi connectivity index (χ1n) is 5.31. The summed E-state index contributed by atoms with van der Waals surface area (Å²) in [5, 5.41) is 2.27. The molecule has 0 aliphatic carbocycles. The van der Waals surface area contributed by atoms with Crippen molar-refractivity contribution >= 4 is 21.9 Å². The van der Waals surface area contributed by atoms with Gasteiger partial charge in [-0.1, -0.05) is 26.0 Å². The number of amides is 1. The molecule has 6 nitrogen and oxygen atoms in total. The summed E-state index contributed by atoms with van der Waals surface area (Å²) >= 11 is 0. The first-order chi connectivity index (χ1) is 8.30. The molecule has 2 N–H and O–H groups in total. The number of anilines is 1. The predicted octanol–water partition coefficient (Wildman–Crippen LogP) is 2.14. The smallest absolute Gasteiger partial charge is 0.411 e. The summed E-state index contributed by atoms with van der Waals surface area (Å²) in [4.78, 5) is 11.0. The third kappa shape index (κ3) is 4.34. The molecule has 0 saturated carbocycles. The van der Waals surface area contributed by atoms with Crippen LogP contribution in [-0.4, -0.2) is 25.7 Å². The van der Waals surface area contributed by atoms with Crippen molar-refractivity contribution in [3.8, 4) is 0 Å². The largest absolute Gasteiger partial charge is 0.449 e. The lowest BCUT2D eigenvalue weighted by Crippen LogP contribution is -2.18. The van der Waals surface area contributed by atoms with Gasteiger partial charge in [-0.15, -0.1) is 0 Å². The molecule has 100 valence electrons. The minimum absolute atomic E-state index is 0.0197. The molecule has 0 spiro atoms. The Morgan fingerprint density at radius 3 is 2.56 bits per heavy atom. The number of para-hydroxylation sites is 1. The van der Waals surface area contributed by atoms with Crippen LogP contribution in [0.15, 0.2) is 29.2 Å². The van der Waals surface area contributed by atoms with Crippen molar-refractivity contribution in [3.63, 3.8) is 0 Å². The SMILES string of the molecule is CC(C)COC(=O)Nc1ccccc1S(=O)(=O)O. The minimum Gasteiger partial charge on any atom is -0.449 e. The fraction of sp³-hybridized carbons (Fsp3) is 0.364. The van der Waals surface area contributed by atoms with E-state index in [4.69, 9.17) is 9.29 Å². The molecule has 0 aliphatic heterocycles. The molecular weight excluding hydrogens is 258 g/mol. The molecule has 1 aromatic rings. The van der Waals surface area contributed by atoms with E-state index >= 15 is 0 Å². The van der Waals surface area contributed by atoms with Crippen LogP contribution >= 0.6 is 0 Å². The second-order valence-electron chi connectivity index (χ2n) is 4.09. The molecule has 0 saturated heterocycles. The van der Waals surface area contributed by atoms with E-state index in [1.807, 2.05) is 13.8 Å². The standard InChI is InChI=1S/C11H15NO5S/c1-8(2)7-17-11(13)12-9-5-3-4-6-10(9)18(14,15)16/h3-6,8H,7H2,1-2H3,(H,12,13)(H,14,15,16). The van der Waals surface area contributed by atoms with Crippen molar-refractivity contribution < 1.29 is 22.5 Å². The van der Waals surface area contributed by atoms with Gasteiger partial charge in [0, 0.05) is 0 Å². The van der Waals surface area contributed by atoms with Crippen molar-refractivity contribution in [1.82, 2.24) is 0 Å². The molecule has 0 aliphatic rings. The normalized spacial score (nSPS) is 11.3. The highest BCUT2D eigenvalue weighted by atomic mass is 32.2. The van der Waals surface area contributed by atoms with Gasteiger partial charge in [0.05, 0.1) is 12.3 Å². The Balaban J connectivity index is 2.82. The number of hydrogen-bond donors (Lipinski definition) is 2. The van der Waals surface area contributed by atoms with Gasteiger partial charge in [0.1, 0.15) is 4.90 Å². The lowest BCUT2D eigenvalue weighted by molar-refractivity contribution is 0.147. The van der Waals surface area contributed by atoms with Crippen LogP contribution in [0.5, 0.6) is 0 Å². The summed E-state index contributed by atoms with van der Waals surface area (Å²) in [7, 11) is -4.38. The number of carbonyl (C=O) groups excluding carboxylic acids is 1. The minimum atomic E-state index is -4.38. The van der Waals surface area contributed by atoms with Crippen LogP contribution in [0.3, 0.4) is 0 Å².